The Labute approximate surface area is 174 Å². The van der Waals surface area contributed by atoms with Crippen LogP contribution in [0, 0.1) is 0 Å². The van der Waals surface area contributed by atoms with E-state index in [1.165, 1.54) is 0 Å². The summed E-state index contributed by atoms with van der Waals surface area (Å²) in [4.78, 5) is 23.6. The van der Waals surface area contributed by atoms with Gasteiger partial charge in [0.15, 0.2) is 17.3 Å². The van der Waals surface area contributed by atoms with E-state index >= 15 is 0 Å². The first-order chi connectivity index (χ1) is 14.2. The molecule has 1 N–H and O–H groups in total. The quantitative estimate of drug-likeness (QED) is 0.640. The molecule has 29 heavy (non-hydrogen) atoms. The number of benzene rings is 1. The molecule has 2 aromatic heterocycles. The van der Waals surface area contributed by atoms with Gasteiger partial charge in [-0.2, -0.15) is 0 Å². The minimum atomic E-state index is -0.0372. The van der Waals surface area contributed by atoms with Gasteiger partial charge in [0, 0.05) is 26.1 Å². The van der Waals surface area contributed by atoms with Crippen molar-refractivity contribution in [2.75, 3.05) is 19.8 Å². The fourth-order valence-electron chi connectivity index (χ4n) is 3.60. The number of hydrogen-bond acceptors (Lipinski definition) is 6. The van der Waals surface area contributed by atoms with Gasteiger partial charge in [-0.15, -0.1) is 11.3 Å². The Morgan fingerprint density at radius 1 is 1.17 bits per heavy atom. The van der Waals surface area contributed by atoms with Crippen molar-refractivity contribution in [2.24, 2.45) is 0 Å². The van der Waals surface area contributed by atoms with E-state index < -0.39 is 0 Å². The SMILES string of the molecule is CCOc1ccc(CN2CCc3nc(-c4cccs4)[nH]c(=O)c3C2)cc1OCC. The standard InChI is InChI=1S/C22H25N3O3S/c1-3-27-18-8-7-15(12-19(18)28-4-2)13-25-10-9-17-16(14-25)22(26)24-21(23-17)20-6-5-11-29-20/h5-8,11-12H,3-4,9-10,13-14H2,1-2H3,(H,23,24,26). The number of aromatic nitrogens is 2. The lowest BCUT2D eigenvalue weighted by molar-refractivity contribution is 0.240. The lowest BCUT2D eigenvalue weighted by Gasteiger charge is -2.28. The third-order valence-electron chi connectivity index (χ3n) is 4.92. The summed E-state index contributed by atoms with van der Waals surface area (Å²) in [5, 5.41) is 1.99. The molecule has 6 nitrogen and oxygen atoms in total. The number of nitrogens with one attached hydrogen (secondary N) is 1. The number of fused-ring (bicyclic) bond motifs is 1. The molecule has 1 aromatic carbocycles. The van der Waals surface area contributed by atoms with E-state index in [0.29, 0.717) is 25.6 Å². The monoisotopic (exact) mass is 411 g/mol. The summed E-state index contributed by atoms with van der Waals surface area (Å²) >= 11 is 1.58. The van der Waals surface area contributed by atoms with Crippen molar-refractivity contribution < 1.29 is 9.47 Å². The van der Waals surface area contributed by atoms with Gasteiger partial charge in [0.05, 0.1) is 29.3 Å². The minimum absolute atomic E-state index is 0.0372. The molecule has 0 atom stereocenters. The van der Waals surface area contributed by atoms with Crippen LogP contribution in [0.15, 0.2) is 40.5 Å². The number of H-pyrrole nitrogens is 1. The topological polar surface area (TPSA) is 67.5 Å². The number of thiophene rings is 1. The van der Waals surface area contributed by atoms with Gasteiger partial charge in [0.1, 0.15) is 0 Å². The second-order valence-electron chi connectivity index (χ2n) is 6.92. The van der Waals surface area contributed by atoms with Crippen LogP contribution in [0.5, 0.6) is 11.5 Å². The Balaban J connectivity index is 1.52. The average Bonchev–Trinajstić information content (AvgIpc) is 3.25. The zero-order valence-electron chi connectivity index (χ0n) is 16.7. The number of nitrogens with zero attached hydrogens (tertiary/aromatic N) is 2. The van der Waals surface area contributed by atoms with E-state index in [2.05, 4.69) is 16.0 Å². The van der Waals surface area contributed by atoms with E-state index in [0.717, 1.165) is 52.7 Å². The van der Waals surface area contributed by atoms with E-state index in [-0.39, 0.29) is 5.56 Å². The normalized spacial score (nSPS) is 13.9. The van der Waals surface area contributed by atoms with Crippen molar-refractivity contribution in [3.05, 3.63) is 62.9 Å². The molecule has 152 valence electrons. The molecular formula is C22H25N3O3S. The van der Waals surface area contributed by atoms with Crippen LogP contribution < -0.4 is 15.0 Å². The fourth-order valence-corrected chi connectivity index (χ4v) is 4.27. The first-order valence-corrected chi connectivity index (χ1v) is 10.8. The van der Waals surface area contributed by atoms with Gasteiger partial charge in [-0.05, 0) is 43.0 Å². The molecule has 0 unspecified atom stereocenters. The summed E-state index contributed by atoms with van der Waals surface area (Å²) in [6.07, 6.45) is 0.771. The van der Waals surface area contributed by atoms with E-state index in [1.807, 2.05) is 43.5 Å². The highest BCUT2D eigenvalue weighted by molar-refractivity contribution is 7.13. The molecule has 0 fully saturated rings. The van der Waals surface area contributed by atoms with Crippen molar-refractivity contribution in [3.8, 4) is 22.2 Å². The smallest absolute Gasteiger partial charge is 0.255 e. The van der Waals surface area contributed by atoms with Crippen molar-refractivity contribution in [2.45, 2.75) is 33.4 Å². The minimum Gasteiger partial charge on any atom is -0.490 e. The second kappa shape index (κ2) is 8.80. The Bertz CT molecular complexity index is 1030. The van der Waals surface area contributed by atoms with Gasteiger partial charge in [0.2, 0.25) is 0 Å². The molecule has 1 aliphatic rings. The number of hydrogen-bond donors (Lipinski definition) is 1. The summed E-state index contributed by atoms with van der Waals surface area (Å²) in [6.45, 7) is 7.33. The van der Waals surface area contributed by atoms with Gasteiger partial charge in [-0.1, -0.05) is 12.1 Å². The predicted octanol–water partition coefficient (Wildman–Crippen LogP) is 3.85. The Kier molecular flexibility index (Phi) is 5.97. The van der Waals surface area contributed by atoms with Crippen molar-refractivity contribution >= 4 is 11.3 Å². The fraction of sp³-hybridized carbons (Fsp3) is 0.364. The highest BCUT2D eigenvalue weighted by Gasteiger charge is 2.22. The van der Waals surface area contributed by atoms with Gasteiger partial charge >= 0.3 is 0 Å². The Morgan fingerprint density at radius 2 is 2.00 bits per heavy atom. The van der Waals surface area contributed by atoms with Crippen LogP contribution in [-0.2, 0) is 19.5 Å². The number of ether oxygens (including phenoxy) is 2. The summed E-state index contributed by atoms with van der Waals surface area (Å²) in [6, 6.07) is 10.0. The Morgan fingerprint density at radius 3 is 2.76 bits per heavy atom. The summed E-state index contributed by atoms with van der Waals surface area (Å²) in [5.41, 5.74) is 2.78. The lowest BCUT2D eigenvalue weighted by atomic mass is 10.1. The maximum absolute atomic E-state index is 12.7. The maximum Gasteiger partial charge on any atom is 0.255 e. The first kappa shape index (κ1) is 19.7. The van der Waals surface area contributed by atoms with E-state index in [9.17, 15) is 4.79 Å². The third kappa shape index (κ3) is 4.36. The predicted molar refractivity (Wildman–Crippen MR) is 115 cm³/mol. The van der Waals surface area contributed by atoms with Crippen molar-refractivity contribution in [1.29, 1.82) is 0 Å². The van der Waals surface area contributed by atoms with E-state index in [1.54, 1.807) is 11.3 Å². The summed E-state index contributed by atoms with van der Waals surface area (Å²) < 4.78 is 11.4. The van der Waals surface area contributed by atoms with Gasteiger partial charge in [0.25, 0.3) is 5.56 Å². The molecule has 4 rings (SSSR count). The summed E-state index contributed by atoms with van der Waals surface area (Å²) in [5.74, 6) is 2.21. The molecule has 0 saturated carbocycles. The largest absolute Gasteiger partial charge is 0.490 e. The van der Waals surface area contributed by atoms with Crippen LogP contribution in [-0.4, -0.2) is 34.6 Å². The molecule has 0 spiro atoms. The lowest BCUT2D eigenvalue weighted by Crippen LogP contribution is -2.35. The molecule has 0 saturated heterocycles. The molecule has 7 heteroatoms. The average molecular weight is 412 g/mol. The molecule has 3 aromatic rings. The molecule has 0 amide bonds. The Hall–Kier alpha value is -2.64. The first-order valence-electron chi connectivity index (χ1n) is 9.94. The second-order valence-corrected chi connectivity index (χ2v) is 7.87. The van der Waals surface area contributed by atoms with Crippen LogP contribution in [0.4, 0.5) is 0 Å². The molecule has 0 bridgehead atoms. The van der Waals surface area contributed by atoms with Crippen LogP contribution >= 0.6 is 11.3 Å². The van der Waals surface area contributed by atoms with Crippen LogP contribution in [0.1, 0.15) is 30.7 Å². The highest BCUT2D eigenvalue weighted by Crippen LogP contribution is 2.30. The molecule has 3 heterocycles. The third-order valence-corrected chi connectivity index (χ3v) is 5.79. The zero-order chi connectivity index (χ0) is 20.2. The maximum atomic E-state index is 12.7. The van der Waals surface area contributed by atoms with Gasteiger partial charge < -0.3 is 14.5 Å². The van der Waals surface area contributed by atoms with Crippen molar-refractivity contribution in [1.82, 2.24) is 14.9 Å². The number of aromatic amines is 1. The number of rotatable bonds is 7. The molecule has 1 aliphatic heterocycles. The van der Waals surface area contributed by atoms with Crippen molar-refractivity contribution in [3.63, 3.8) is 0 Å². The summed E-state index contributed by atoms with van der Waals surface area (Å²) in [7, 11) is 0. The van der Waals surface area contributed by atoms with Gasteiger partial charge in [-0.25, -0.2) is 4.98 Å². The molecule has 0 radical (unpaired) electrons. The zero-order valence-corrected chi connectivity index (χ0v) is 17.6. The molecular weight excluding hydrogens is 386 g/mol. The van der Waals surface area contributed by atoms with Gasteiger partial charge in [-0.3, -0.25) is 9.69 Å². The van der Waals surface area contributed by atoms with Crippen LogP contribution in [0.2, 0.25) is 0 Å². The van der Waals surface area contributed by atoms with Crippen LogP contribution in [0.25, 0.3) is 10.7 Å². The highest BCUT2D eigenvalue weighted by atomic mass is 32.1. The van der Waals surface area contributed by atoms with E-state index in [4.69, 9.17) is 14.5 Å². The molecule has 0 aliphatic carbocycles. The van der Waals surface area contributed by atoms with Crippen LogP contribution in [0.3, 0.4) is 0 Å².